The van der Waals surface area contributed by atoms with Crippen LogP contribution in [-0.2, 0) is 6.54 Å². The number of hydrogen-bond donors (Lipinski definition) is 1. The van der Waals surface area contributed by atoms with Crippen LogP contribution in [-0.4, -0.2) is 12.1 Å². The van der Waals surface area contributed by atoms with Crippen LogP contribution in [0.5, 0.6) is 5.75 Å². The lowest BCUT2D eigenvalue weighted by Crippen LogP contribution is -2.19. The normalized spacial score (nSPS) is 12.4. The monoisotopic (exact) mass is 266 g/mol. The van der Waals surface area contributed by atoms with Gasteiger partial charge in [-0.05, 0) is 13.0 Å². The molecule has 0 aliphatic rings. The average molecular weight is 266 g/mol. The molecule has 96 valence electrons. The van der Waals surface area contributed by atoms with Crippen molar-refractivity contribution in [1.82, 2.24) is 10.3 Å². The van der Waals surface area contributed by atoms with Crippen LogP contribution < -0.4 is 10.1 Å². The summed E-state index contributed by atoms with van der Waals surface area (Å²) in [5, 5.41) is 5.22. The summed E-state index contributed by atoms with van der Waals surface area (Å²) in [6.07, 6.45) is 0. The van der Waals surface area contributed by atoms with E-state index in [0.29, 0.717) is 17.9 Å². The highest BCUT2D eigenvalue weighted by Crippen LogP contribution is 2.21. The van der Waals surface area contributed by atoms with Crippen molar-refractivity contribution in [2.75, 3.05) is 7.11 Å². The van der Waals surface area contributed by atoms with E-state index < -0.39 is 0 Å². The summed E-state index contributed by atoms with van der Waals surface area (Å²) >= 11 is 1.55. The van der Waals surface area contributed by atoms with Gasteiger partial charge in [0.15, 0.2) is 0 Å². The number of aromatic nitrogens is 1. The summed E-state index contributed by atoms with van der Waals surface area (Å²) in [7, 11) is 1.53. The number of halogens is 1. The van der Waals surface area contributed by atoms with Gasteiger partial charge in [0.05, 0.1) is 18.3 Å². The minimum atomic E-state index is -0.257. The van der Waals surface area contributed by atoms with E-state index in [0.717, 1.165) is 5.69 Å². The molecule has 18 heavy (non-hydrogen) atoms. The first kappa shape index (κ1) is 13.0. The lowest BCUT2D eigenvalue weighted by atomic mass is 10.1. The molecule has 2 rings (SSSR count). The number of hydrogen-bond acceptors (Lipinski definition) is 4. The van der Waals surface area contributed by atoms with E-state index in [1.54, 1.807) is 29.0 Å². The zero-order valence-corrected chi connectivity index (χ0v) is 11.1. The van der Waals surface area contributed by atoms with Gasteiger partial charge in [-0.3, -0.25) is 0 Å². The standard InChI is InChI=1S/C13H15FN2OS/c1-9(15-6-10-7-18-8-16-10)12-4-3-11(17-2)5-13(12)14/h3-5,7-9,15H,6H2,1-2H3. The number of rotatable bonds is 5. The van der Waals surface area contributed by atoms with Crippen molar-refractivity contribution >= 4 is 11.3 Å². The Balaban J connectivity index is 2.02. The number of nitrogens with zero attached hydrogens (tertiary/aromatic N) is 1. The summed E-state index contributed by atoms with van der Waals surface area (Å²) in [5.41, 5.74) is 3.39. The highest BCUT2D eigenvalue weighted by Gasteiger charge is 2.11. The molecule has 0 amide bonds. The Morgan fingerprint density at radius 3 is 2.94 bits per heavy atom. The van der Waals surface area contributed by atoms with Gasteiger partial charge in [0.1, 0.15) is 11.6 Å². The van der Waals surface area contributed by atoms with E-state index in [2.05, 4.69) is 10.3 Å². The van der Waals surface area contributed by atoms with E-state index in [9.17, 15) is 4.39 Å². The molecule has 1 N–H and O–H groups in total. The zero-order valence-electron chi connectivity index (χ0n) is 10.3. The Kier molecular flexibility index (Phi) is 4.28. The summed E-state index contributed by atoms with van der Waals surface area (Å²) in [5.74, 6) is 0.274. The molecule has 1 unspecified atom stereocenters. The maximum Gasteiger partial charge on any atom is 0.131 e. The lowest BCUT2D eigenvalue weighted by molar-refractivity contribution is 0.409. The van der Waals surface area contributed by atoms with E-state index in [-0.39, 0.29) is 11.9 Å². The predicted molar refractivity (Wildman–Crippen MR) is 70.3 cm³/mol. The third-order valence-electron chi connectivity index (χ3n) is 2.75. The Morgan fingerprint density at radius 1 is 1.50 bits per heavy atom. The van der Waals surface area contributed by atoms with Gasteiger partial charge in [-0.2, -0.15) is 0 Å². The van der Waals surface area contributed by atoms with Gasteiger partial charge in [-0.25, -0.2) is 9.37 Å². The fourth-order valence-electron chi connectivity index (χ4n) is 1.68. The molecule has 1 heterocycles. The summed E-state index contributed by atoms with van der Waals surface area (Å²) in [6.45, 7) is 2.56. The van der Waals surface area contributed by atoms with Gasteiger partial charge < -0.3 is 10.1 Å². The average Bonchev–Trinajstić information content (AvgIpc) is 2.88. The van der Waals surface area contributed by atoms with Gasteiger partial charge in [0.25, 0.3) is 0 Å². The van der Waals surface area contributed by atoms with Crippen molar-refractivity contribution in [3.05, 3.63) is 46.2 Å². The molecule has 1 atom stereocenters. The van der Waals surface area contributed by atoms with Crippen LogP contribution in [0.3, 0.4) is 0 Å². The first-order valence-electron chi connectivity index (χ1n) is 5.64. The number of ether oxygens (including phenoxy) is 1. The largest absolute Gasteiger partial charge is 0.497 e. The minimum absolute atomic E-state index is 0.0717. The summed E-state index contributed by atoms with van der Waals surface area (Å²) in [4.78, 5) is 4.17. The molecule has 0 saturated heterocycles. The van der Waals surface area contributed by atoms with E-state index in [4.69, 9.17) is 4.74 Å². The second kappa shape index (κ2) is 5.93. The van der Waals surface area contributed by atoms with Crippen molar-refractivity contribution in [3.8, 4) is 5.75 Å². The zero-order chi connectivity index (χ0) is 13.0. The van der Waals surface area contributed by atoms with Crippen LogP contribution in [0.25, 0.3) is 0 Å². The molecule has 1 aromatic carbocycles. The lowest BCUT2D eigenvalue weighted by Gasteiger charge is -2.14. The molecule has 0 radical (unpaired) electrons. The van der Waals surface area contributed by atoms with Crippen LogP contribution in [0.1, 0.15) is 24.2 Å². The Morgan fingerprint density at radius 2 is 2.33 bits per heavy atom. The number of benzene rings is 1. The first-order chi connectivity index (χ1) is 8.70. The van der Waals surface area contributed by atoms with Gasteiger partial charge >= 0.3 is 0 Å². The molecule has 0 aliphatic carbocycles. The molecule has 0 saturated carbocycles. The van der Waals surface area contributed by atoms with Crippen molar-refractivity contribution in [1.29, 1.82) is 0 Å². The highest BCUT2D eigenvalue weighted by atomic mass is 32.1. The topological polar surface area (TPSA) is 34.1 Å². The van der Waals surface area contributed by atoms with Crippen molar-refractivity contribution in [3.63, 3.8) is 0 Å². The van der Waals surface area contributed by atoms with E-state index in [1.807, 2.05) is 12.3 Å². The van der Waals surface area contributed by atoms with Gasteiger partial charge in [0.2, 0.25) is 0 Å². The Labute approximate surface area is 110 Å². The maximum atomic E-state index is 13.8. The van der Waals surface area contributed by atoms with E-state index in [1.165, 1.54) is 13.2 Å². The van der Waals surface area contributed by atoms with Crippen molar-refractivity contribution in [2.45, 2.75) is 19.5 Å². The van der Waals surface area contributed by atoms with Crippen molar-refractivity contribution in [2.24, 2.45) is 0 Å². The molecule has 0 spiro atoms. The quantitative estimate of drug-likeness (QED) is 0.902. The van der Waals surface area contributed by atoms with E-state index >= 15 is 0 Å². The second-order valence-electron chi connectivity index (χ2n) is 3.97. The van der Waals surface area contributed by atoms with Gasteiger partial charge in [0, 0.05) is 29.6 Å². The van der Waals surface area contributed by atoms with Crippen LogP contribution in [0, 0.1) is 5.82 Å². The number of methoxy groups -OCH3 is 1. The molecular formula is C13H15FN2OS. The van der Waals surface area contributed by atoms with Gasteiger partial charge in [-0.1, -0.05) is 6.07 Å². The Bertz CT molecular complexity index is 502. The maximum absolute atomic E-state index is 13.8. The summed E-state index contributed by atoms with van der Waals surface area (Å²) in [6, 6.07) is 4.83. The van der Waals surface area contributed by atoms with Crippen LogP contribution in [0.2, 0.25) is 0 Å². The molecule has 0 aliphatic heterocycles. The first-order valence-corrected chi connectivity index (χ1v) is 6.59. The predicted octanol–water partition coefficient (Wildman–Crippen LogP) is 3.14. The fourth-order valence-corrected chi connectivity index (χ4v) is 2.24. The third kappa shape index (κ3) is 3.05. The number of thiazole rings is 1. The molecular weight excluding hydrogens is 251 g/mol. The van der Waals surface area contributed by atoms with Gasteiger partial charge in [-0.15, -0.1) is 11.3 Å². The molecule has 0 bridgehead atoms. The third-order valence-corrected chi connectivity index (χ3v) is 3.38. The van der Waals surface area contributed by atoms with Crippen LogP contribution >= 0.6 is 11.3 Å². The molecule has 3 nitrogen and oxygen atoms in total. The van der Waals surface area contributed by atoms with Crippen molar-refractivity contribution < 1.29 is 9.13 Å². The second-order valence-corrected chi connectivity index (χ2v) is 4.69. The Hall–Kier alpha value is -1.46. The smallest absolute Gasteiger partial charge is 0.131 e. The minimum Gasteiger partial charge on any atom is -0.497 e. The molecule has 1 aromatic heterocycles. The number of nitrogens with one attached hydrogen (secondary N) is 1. The van der Waals surface area contributed by atoms with Crippen LogP contribution in [0.15, 0.2) is 29.1 Å². The molecule has 0 fully saturated rings. The molecule has 2 aromatic rings. The SMILES string of the molecule is COc1ccc(C(C)NCc2cscn2)c(F)c1. The summed E-state index contributed by atoms with van der Waals surface area (Å²) < 4.78 is 18.8. The molecule has 5 heteroatoms. The van der Waals surface area contributed by atoms with Crippen LogP contribution in [0.4, 0.5) is 4.39 Å². The highest BCUT2D eigenvalue weighted by molar-refractivity contribution is 7.07. The fraction of sp³-hybridized carbons (Fsp3) is 0.308.